The van der Waals surface area contributed by atoms with Gasteiger partial charge in [0, 0.05) is 51.0 Å². The number of nitrogens with one attached hydrogen (secondary N) is 1. The smallest absolute Gasteiger partial charge is 0.416 e. The maximum atomic E-state index is 13.2. The summed E-state index contributed by atoms with van der Waals surface area (Å²) in [4.78, 5) is 29.1. The second-order valence-corrected chi connectivity index (χ2v) is 9.64. The molecule has 1 aliphatic heterocycles. The minimum atomic E-state index is -4.53. The SMILES string of the molecule is CCOc1ccc(C(F)(F)F)cc1NC(=O)N(C)C1CC2(C1)CN(C(=O)c1cnn3ccn(C)c13)C2. The first-order chi connectivity index (χ1) is 17.0. The Morgan fingerprint density at radius 1 is 1.25 bits per heavy atom. The van der Waals surface area contributed by atoms with E-state index in [9.17, 15) is 22.8 Å². The number of imidazole rings is 1. The Labute approximate surface area is 205 Å². The van der Waals surface area contributed by atoms with Crippen LogP contribution in [0.5, 0.6) is 5.75 Å². The summed E-state index contributed by atoms with van der Waals surface area (Å²) in [6.07, 6.45) is 2.11. The number of carbonyl (C=O) groups is 2. The molecule has 2 aromatic heterocycles. The zero-order chi connectivity index (χ0) is 25.8. The van der Waals surface area contributed by atoms with Gasteiger partial charge in [-0.15, -0.1) is 0 Å². The first-order valence-electron chi connectivity index (χ1n) is 11.7. The third kappa shape index (κ3) is 4.03. The number of amides is 3. The quantitative estimate of drug-likeness (QED) is 0.572. The number of aryl methyl sites for hydroxylation is 1. The third-order valence-corrected chi connectivity index (χ3v) is 7.16. The second kappa shape index (κ2) is 8.45. The van der Waals surface area contributed by atoms with Crippen molar-refractivity contribution in [2.24, 2.45) is 12.5 Å². The maximum absolute atomic E-state index is 13.2. The number of rotatable bonds is 5. The number of urea groups is 1. The molecule has 2 aliphatic rings. The van der Waals surface area contributed by atoms with Crippen LogP contribution in [-0.4, -0.2) is 68.7 Å². The molecular formula is C24H27F3N6O3. The van der Waals surface area contributed by atoms with Crippen LogP contribution < -0.4 is 10.1 Å². The normalized spacial score (nSPS) is 17.1. The number of ether oxygens (including phenoxy) is 1. The molecule has 12 heteroatoms. The van der Waals surface area contributed by atoms with Crippen molar-refractivity contribution >= 4 is 23.3 Å². The molecule has 2 fully saturated rings. The lowest BCUT2D eigenvalue weighted by atomic mass is 9.60. The van der Waals surface area contributed by atoms with Gasteiger partial charge in [-0.25, -0.2) is 9.31 Å². The molecule has 0 unspecified atom stereocenters. The van der Waals surface area contributed by atoms with Crippen molar-refractivity contribution < 1.29 is 27.5 Å². The third-order valence-electron chi connectivity index (χ3n) is 7.16. The van der Waals surface area contributed by atoms with Crippen LogP contribution >= 0.6 is 0 Å². The minimum Gasteiger partial charge on any atom is -0.492 e. The van der Waals surface area contributed by atoms with Crippen molar-refractivity contribution in [3.63, 3.8) is 0 Å². The Kier molecular flexibility index (Phi) is 5.64. The van der Waals surface area contributed by atoms with Gasteiger partial charge in [0.2, 0.25) is 0 Å². The number of fused-ring (bicyclic) bond motifs is 1. The van der Waals surface area contributed by atoms with E-state index >= 15 is 0 Å². The van der Waals surface area contributed by atoms with Gasteiger partial charge in [-0.05, 0) is 38.0 Å². The molecule has 9 nitrogen and oxygen atoms in total. The highest BCUT2D eigenvalue weighted by Gasteiger charge is 2.55. The van der Waals surface area contributed by atoms with Crippen molar-refractivity contribution in [3.05, 3.63) is 47.9 Å². The molecule has 3 heterocycles. The summed E-state index contributed by atoms with van der Waals surface area (Å²) in [5, 5.41) is 6.79. The average Bonchev–Trinajstić information content (AvgIpc) is 3.35. The maximum Gasteiger partial charge on any atom is 0.416 e. The van der Waals surface area contributed by atoms with E-state index in [0.717, 1.165) is 30.6 Å². The van der Waals surface area contributed by atoms with Gasteiger partial charge < -0.3 is 24.4 Å². The van der Waals surface area contributed by atoms with Crippen LogP contribution in [-0.2, 0) is 13.2 Å². The fourth-order valence-corrected chi connectivity index (χ4v) is 5.20. The van der Waals surface area contributed by atoms with Crippen LogP contribution in [0.15, 0.2) is 36.8 Å². The predicted octanol–water partition coefficient (Wildman–Crippen LogP) is 3.86. The van der Waals surface area contributed by atoms with Crippen molar-refractivity contribution in [3.8, 4) is 5.75 Å². The first kappa shape index (κ1) is 24.0. The van der Waals surface area contributed by atoms with Gasteiger partial charge in [0.05, 0.1) is 24.1 Å². The summed E-state index contributed by atoms with van der Waals surface area (Å²) in [5.74, 6) is 0.109. The fraction of sp³-hybridized carbons (Fsp3) is 0.458. The lowest BCUT2D eigenvalue weighted by Crippen LogP contribution is -2.67. The number of benzene rings is 1. The number of aromatic nitrogens is 3. The highest BCUT2D eigenvalue weighted by molar-refractivity contribution is 6.00. The standard InChI is InChI=1S/C24H27F3N6O3/c1-4-36-19-6-5-15(24(25,26)27)9-18(19)29-22(35)31(3)16-10-23(11-16)13-32(14-23)21(34)17-12-28-33-8-7-30(2)20(17)33/h5-9,12,16H,4,10-11,13-14H2,1-3H3,(H,29,35). The van der Waals surface area contributed by atoms with Crippen molar-refractivity contribution in [2.45, 2.75) is 32.0 Å². The molecule has 0 radical (unpaired) electrons. The molecular weight excluding hydrogens is 477 g/mol. The van der Waals surface area contributed by atoms with Crippen molar-refractivity contribution in [1.29, 1.82) is 0 Å². The van der Waals surface area contributed by atoms with Crippen LogP contribution in [0.1, 0.15) is 35.7 Å². The van der Waals surface area contributed by atoms with Gasteiger partial charge in [0.25, 0.3) is 5.91 Å². The van der Waals surface area contributed by atoms with Gasteiger partial charge in [-0.3, -0.25) is 4.79 Å². The topological polar surface area (TPSA) is 84.1 Å². The zero-order valence-electron chi connectivity index (χ0n) is 20.2. The molecule has 0 bridgehead atoms. The monoisotopic (exact) mass is 504 g/mol. The number of hydrogen-bond acceptors (Lipinski definition) is 4. The average molecular weight is 505 g/mol. The fourth-order valence-electron chi connectivity index (χ4n) is 5.20. The number of alkyl halides is 3. The van der Waals surface area contributed by atoms with Crippen LogP contribution in [0.4, 0.5) is 23.7 Å². The lowest BCUT2D eigenvalue weighted by molar-refractivity contribution is -0.137. The number of carbonyl (C=O) groups excluding carboxylic acids is 2. The predicted molar refractivity (Wildman–Crippen MR) is 125 cm³/mol. The summed E-state index contributed by atoms with van der Waals surface area (Å²) in [7, 11) is 3.49. The first-order valence-corrected chi connectivity index (χ1v) is 11.7. The summed E-state index contributed by atoms with van der Waals surface area (Å²) < 4.78 is 48.4. The Morgan fingerprint density at radius 3 is 2.64 bits per heavy atom. The number of likely N-dealkylation sites (tertiary alicyclic amines) is 1. The highest BCUT2D eigenvalue weighted by atomic mass is 19.4. The van der Waals surface area contributed by atoms with E-state index in [4.69, 9.17) is 4.74 Å². The van der Waals surface area contributed by atoms with Crippen molar-refractivity contribution in [1.82, 2.24) is 24.0 Å². The largest absolute Gasteiger partial charge is 0.492 e. The van der Waals surface area contributed by atoms with Crippen molar-refractivity contribution in [2.75, 3.05) is 32.1 Å². The number of anilines is 1. The van der Waals surface area contributed by atoms with Crippen LogP contribution in [0.3, 0.4) is 0 Å². The Balaban J connectivity index is 1.19. The molecule has 1 spiro atoms. The van der Waals surface area contributed by atoms with E-state index in [-0.39, 0.29) is 35.4 Å². The Hall–Kier alpha value is -3.70. The van der Waals surface area contributed by atoms with Gasteiger partial charge in [0.1, 0.15) is 17.0 Å². The summed E-state index contributed by atoms with van der Waals surface area (Å²) in [5.41, 5.74) is 0.367. The zero-order valence-corrected chi connectivity index (χ0v) is 20.2. The van der Waals surface area contributed by atoms with Gasteiger partial charge in [-0.2, -0.15) is 18.3 Å². The van der Waals surface area contributed by atoms with Gasteiger partial charge >= 0.3 is 12.2 Å². The Bertz CT molecular complexity index is 1320. The highest BCUT2D eigenvalue weighted by Crippen LogP contribution is 2.50. The Morgan fingerprint density at radius 2 is 1.97 bits per heavy atom. The number of nitrogens with zero attached hydrogens (tertiary/aromatic N) is 5. The van der Waals surface area contributed by atoms with E-state index in [1.54, 1.807) is 35.8 Å². The van der Waals surface area contributed by atoms with E-state index in [0.29, 0.717) is 18.7 Å². The van der Waals surface area contributed by atoms with Crippen LogP contribution in [0.25, 0.3) is 5.65 Å². The molecule has 1 aliphatic carbocycles. The molecule has 36 heavy (non-hydrogen) atoms. The molecule has 3 amide bonds. The second-order valence-electron chi connectivity index (χ2n) is 9.64. The van der Waals surface area contributed by atoms with E-state index < -0.39 is 17.8 Å². The molecule has 1 N–H and O–H groups in total. The molecule has 1 aromatic carbocycles. The summed E-state index contributed by atoms with van der Waals surface area (Å²) >= 11 is 0. The minimum absolute atomic E-state index is 0.0221. The van der Waals surface area contributed by atoms with E-state index in [1.165, 1.54) is 11.0 Å². The molecule has 1 saturated carbocycles. The lowest BCUT2D eigenvalue weighted by Gasteiger charge is -2.60. The van der Waals surface area contributed by atoms with Gasteiger partial charge in [0.15, 0.2) is 0 Å². The number of halogens is 3. The summed E-state index contributed by atoms with van der Waals surface area (Å²) in [6.45, 7) is 3.16. The number of hydrogen-bond donors (Lipinski definition) is 1. The van der Waals surface area contributed by atoms with Crippen LogP contribution in [0, 0.1) is 5.41 Å². The molecule has 192 valence electrons. The van der Waals surface area contributed by atoms with E-state index in [2.05, 4.69) is 10.4 Å². The molecule has 0 atom stereocenters. The molecule has 1 saturated heterocycles. The summed E-state index contributed by atoms with van der Waals surface area (Å²) in [6, 6.07) is 2.45. The van der Waals surface area contributed by atoms with Gasteiger partial charge in [-0.1, -0.05) is 0 Å². The van der Waals surface area contributed by atoms with Crippen LogP contribution in [0.2, 0.25) is 0 Å². The molecule has 3 aromatic rings. The molecule has 5 rings (SSSR count). The van der Waals surface area contributed by atoms with E-state index in [1.807, 2.05) is 17.8 Å².